The predicted molar refractivity (Wildman–Crippen MR) is 106 cm³/mol. The van der Waals surface area contributed by atoms with Crippen LogP contribution in [0.2, 0.25) is 5.02 Å². The van der Waals surface area contributed by atoms with E-state index < -0.39 is 17.5 Å². The fraction of sp³-hybridized carbons (Fsp3) is 0.579. The highest BCUT2D eigenvalue weighted by atomic mass is 35.5. The largest absolute Gasteiger partial charge is 0.496 e. The van der Waals surface area contributed by atoms with Crippen molar-refractivity contribution in [2.45, 2.75) is 25.9 Å². The number of nitrogens with one attached hydrogen (secondary N) is 2. The zero-order valence-electron chi connectivity index (χ0n) is 16.4. The van der Waals surface area contributed by atoms with Gasteiger partial charge >= 0.3 is 5.97 Å². The molecule has 5 N–H and O–H groups in total. The second-order valence-corrected chi connectivity index (χ2v) is 7.89. The molecule has 2 unspecified atom stereocenters. The standard InChI is InChI=1S/C19H28ClN3O5/c1-19(2,10-24)28-18(26)13-9-22-5-4-11(13)8-23-17(25)12-6-14(20)15(21)7-16(12)27-3/h6-7,11,13,22,24H,4-5,8-10,21H2,1-3H3,(H,23,25). The number of esters is 1. The van der Waals surface area contributed by atoms with Gasteiger partial charge in [0.2, 0.25) is 0 Å². The van der Waals surface area contributed by atoms with Gasteiger partial charge in [-0.3, -0.25) is 9.59 Å². The van der Waals surface area contributed by atoms with Crippen LogP contribution in [-0.2, 0) is 9.53 Å². The Bertz CT molecular complexity index is 726. The highest BCUT2D eigenvalue weighted by molar-refractivity contribution is 6.33. The van der Waals surface area contributed by atoms with Gasteiger partial charge in [0.15, 0.2) is 0 Å². The van der Waals surface area contributed by atoms with E-state index in [2.05, 4.69) is 10.6 Å². The van der Waals surface area contributed by atoms with Gasteiger partial charge in [0.25, 0.3) is 5.91 Å². The first-order valence-electron chi connectivity index (χ1n) is 9.14. The van der Waals surface area contributed by atoms with Gasteiger partial charge in [-0.1, -0.05) is 11.6 Å². The number of anilines is 1. The Labute approximate surface area is 169 Å². The molecule has 0 spiro atoms. The normalized spacial score (nSPS) is 19.8. The van der Waals surface area contributed by atoms with Gasteiger partial charge in [-0.05, 0) is 38.8 Å². The van der Waals surface area contributed by atoms with Gasteiger partial charge in [-0.2, -0.15) is 0 Å². The molecule has 9 heteroatoms. The number of methoxy groups -OCH3 is 1. The van der Waals surface area contributed by atoms with Crippen LogP contribution in [0.3, 0.4) is 0 Å². The second-order valence-electron chi connectivity index (χ2n) is 7.48. The number of amides is 1. The Morgan fingerprint density at radius 3 is 2.79 bits per heavy atom. The molecule has 0 radical (unpaired) electrons. The zero-order chi connectivity index (χ0) is 20.9. The van der Waals surface area contributed by atoms with Crippen molar-refractivity contribution < 1.29 is 24.2 Å². The van der Waals surface area contributed by atoms with Crippen LogP contribution in [0, 0.1) is 11.8 Å². The molecule has 1 amide bonds. The van der Waals surface area contributed by atoms with E-state index in [0.717, 1.165) is 6.54 Å². The average Bonchev–Trinajstić information content (AvgIpc) is 2.67. The quantitative estimate of drug-likeness (QED) is 0.391. The third kappa shape index (κ3) is 5.50. The maximum atomic E-state index is 12.6. The monoisotopic (exact) mass is 413 g/mol. The Hall–Kier alpha value is -2.03. The van der Waals surface area contributed by atoms with Crippen molar-refractivity contribution in [2.75, 3.05) is 39.1 Å². The van der Waals surface area contributed by atoms with Crippen LogP contribution < -0.4 is 21.1 Å². The van der Waals surface area contributed by atoms with E-state index in [-0.39, 0.29) is 29.0 Å². The molecule has 1 aromatic rings. The molecule has 1 heterocycles. The number of nitrogens with two attached hydrogens (primary N) is 1. The van der Waals surface area contributed by atoms with Gasteiger partial charge in [-0.15, -0.1) is 0 Å². The molecule has 1 aliphatic heterocycles. The summed E-state index contributed by atoms with van der Waals surface area (Å²) in [5, 5.41) is 15.6. The summed E-state index contributed by atoms with van der Waals surface area (Å²) in [6, 6.07) is 2.96. The predicted octanol–water partition coefficient (Wildman–Crippen LogP) is 1.20. The molecular weight excluding hydrogens is 386 g/mol. The molecule has 0 aliphatic carbocycles. The molecular formula is C19H28ClN3O5. The number of ether oxygens (including phenoxy) is 2. The number of piperidine rings is 1. The molecule has 0 bridgehead atoms. The number of aliphatic hydroxyl groups is 1. The first kappa shape index (κ1) is 22.3. The van der Waals surface area contributed by atoms with Crippen LogP contribution in [0.4, 0.5) is 5.69 Å². The van der Waals surface area contributed by atoms with E-state index in [1.54, 1.807) is 13.8 Å². The number of rotatable bonds is 7. The van der Waals surface area contributed by atoms with Gasteiger partial charge in [0.1, 0.15) is 11.4 Å². The summed E-state index contributed by atoms with van der Waals surface area (Å²) in [5.41, 5.74) is 5.40. The summed E-state index contributed by atoms with van der Waals surface area (Å²) in [6.45, 7) is 4.52. The Balaban J connectivity index is 2.06. The van der Waals surface area contributed by atoms with Crippen molar-refractivity contribution in [2.24, 2.45) is 11.8 Å². The van der Waals surface area contributed by atoms with E-state index in [0.29, 0.717) is 30.9 Å². The summed E-state index contributed by atoms with van der Waals surface area (Å²) < 4.78 is 10.6. The van der Waals surface area contributed by atoms with Crippen LogP contribution in [-0.4, -0.2) is 55.9 Å². The number of carbonyl (C=O) groups is 2. The third-order valence-electron chi connectivity index (χ3n) is 4.77. The van der Waals surface area contributed by atoms with Gasteiger partial charge < -0.3 is 30.9 Å². The average molecular weight is 414 g/mol. The Morgan fingerprint density at radius 1 is 1.43 bits per heavy atom. The van der Waals surface area contributed by atoms with Gasteiger partial charge in [0.05, 0.1) is 35.9 Å². The van der Waals surface area contributed by atoms with Crippen LogP contribution in [0.25, 0.3) is 0 Å². The minimum atomic E-state index is -0.948. The number of aliphatic hydroxyl groups excluding tert-OH is 1. The summed E-state index contributed by atoms with van der Waals surface area (Å²) >= 11 is 6.03. The van der Waals surface area contributed by atoms with Crippen molar-refractivity contribution in [3.63, 3.8) is 0 Å². The van der Waals surface area contributed by atoms with E-state index in [9.17, 15) is 14.7 Å². The summed E-state index contributed by atoms with van der Waals surface area (Å²) in [7, 11) is 1.45. The number of halogens is 1. The lowest BCUT2D eigenvalue weighted by Crippen LogP contribution is -2.48. The lowest BCUT2D eigenvalue weighted by molar-refractivity contribution is -0.167. The molecule has 1 fully saturated rings. The number of hydrogen-bond acceptors (Lipinski definition) is 7. The minimum absolute atomic E-state index is 0.0950. The Kier molecular flexibility index (Phi) is 7.51. The SMILES string of the molecule is COc1cc(N)c(Cl)cc1C(=O)NCC1CCNCC1C(=O)OC(C)(C)CO. The summed E-state index contributed by atoms with van der Waals surface area (Å²) in [6.07, 6.45) is 0.708. The molecule has 2 rings (SSSR count). The molecule has 1 aromatic carbocycles. The maximum Gasteiger partial charge on any atom is 0.311 e. The van der Waals surface area contributed by atoms with E-state index in [1.807, 2.05) is 0 Å². The molecule has 0 saturated carbocycles. The van der Waals surface area contributed by atoms with Crippen molar-refractivity contribution >= 4 is 29.2 Å². The molecule has 8 nitrogen and oxygen atoms in total. The lowest BCUT2D eigenvalue weighted by Gasteiger charge is -2.33. The van der Waals surface area contributed by atoms with E-state index in [1.165, 1.54) is 19.2 Å². The highest BCUT2D eigenvalue weighted by Gasteiger charge is 2.35. The molecule has 1 aliphatic rings. The van der Waals surface area contributed by atoms with Crippen LogP contribution in [0.1, 0.15) is 30.6 Å². The first-order valence-corrected chi connectivity index (χ1v) is 9.52. The van der Waals surface area contributed by atoms with Crippen molar-refractivity contribution in [1.82, 2.24) is 10.6 Å². The smallest absolute Gasteiger partial charge is 0.311 e. The van der Waals surface area contributed by atoms with Gasteiger partial charge in [-0.25, -0.2) is 0 Å². The molecule has 156 valence electrons. The van der Waals surface area contributed by atoms with Crippen molar-refractivity contribution in [1.29, 1.82) is 0 Å². The summed E-state index contributed by atoms with van der Waals surface area (Å²) in [5.74, 6) is -0.941. The Morgan fingerprint density at radius 2 is 2.14 bits per heavy atom. The van der Waals surface area contributed by atoms with Crippen LogP contribution >= 0.6 is 11.6 Å². The molecule has 28 heavy (non-hydrogen) atoms. The molecule has 1 saturated heterocycles. The fourth-order valence-corrected chi connectivity index (χ4v) is 3.21. The second kappa shape index (κ2) is 9.45. The molecule has 2 atom stereocenters. The van der Waals surface area contributed by atoms with E-state index in [4.69, 9.17) is 26.8 Å². The topological polar surface area (TPSA) is 123 Å². The van der Waals surface area contributed by atoms with E-state index >= 15 is 0 Å². The third-order valence-corrected chi connectivity index (χ3v) is 5.10. The first-order chi connectivity index (χ1) is 13.2. The van der Waals surface area contributed by atoms with Crippen LogP contribution in [0.5, 0.6) is 5.75 Å². The number of hydrogen-bond donors (Lipinski definition) is 4. The lowest BCUT2D eigenvalue weighted by atomic mass is 9.86. The van der Waals surface area contributed by atoms with Crippen molar-refractivity contribution in [3.05, 3.63) is 22.7 Å². The minimum Gasteiger partial charge on any atom is -0.496 e. The number of benzene rings is 1. The van der Waals surface area contributed by atoms with Crippen molar-refractivity contribution in [3.8, 4) is 5.75 Å². The fourth-order valence-electron chi connectivity index (χ4n) is 3.05. The van der Waals surface area contributed by atoms with Crippen LogP contribution in [0.15, 0.2) is 12.1 Å². The highest BCUT2D eigenvalue weighted by Crippen LogP contribution is 2.29. The number of nitrogen functional groups attached to an aromatic ring is 1. The molecule has 0 aromatic heterocycles. The maximum absolute atomic E-state index is 12.6. The summed E-state index contributed by atoms with van der Waals surface area (Å²) in [4.78, 5) is 25.2. The van der Waals surface area contributed by atoms with Gasteiger partial charge in [0, 0.05) is 19.2 Å². The zero-order valence-corrected chi connectivity index (χ0v) is 17.1. The number of carbonyl (C=O) groups excluding carboxylic acids is 2.